The van der Waals surface area contributed by atoms with Gasteiger partial charge in [0.15, 0.2) is 0 Å². The molecule has 0 aromatic carbocycles. The Kier molecular flexibility index (Phi) is 3.05. The quantitative estimate of drug-likeness (QED) is 0.831. The summed E-state index contributed by atoms with van der Waals surface area (Å²) in [6.07, 6.45) is 0. The first kappa shape index (κ1) is 11.5. The van der Waals surface area contributed by atoms with Crippen LogP contribution in [0.4, 0.5) is 5.13 Å². The molecule has 2 heterocycles. The summed E-state index contributed by atoms with van der Waals surface area (Å²) in [5.74, 6) is 0.868. The fraction of sp³-hybridized carbons (Fsp3) is 0.333. The molecule has 0 fully saturated rings. The summed E-state index contributed by atoms with van der Waals surface area (Å²) >= 11 is 1.03. The van der Waals surface area contributed by atoms with E-state index in [2.05, 4.69) is 20.5 Å². The summed E-state index contributed by atoms with van der Waals surface area (Å²) in [6.45, 7) is 3.88. The van der Waals surface area contributed by atoms with Gasteiger partial charge in [0.1, 0.15) is 5.76 Å². The minimum atomic E-state index is -0.340. The minimum absolute atomic E-state index is 0.215. The number of nitrogen functional groups attached to an aromatic ring is 1. The third kappa shape index (κ3) is 2.59. The predicted octanol–water partition coefficient (Wildman–Crippen LogP) is 0.655. The Morgan fingerprint density at radius 3 is 2.76 bits per heavy atom. The first-order valence-electron chi connectivity index (χ1n) is 4.86. The summed E-state index contributed by atoms with van der Waals surface area (Å²) in [5, 5.41) is 10.3. The average Bonchev–Trinajstić information content (AvgIpc) is 2.83. The minimum Gasteiger partial charge on any atom is -0.444 e. The monoisotopic (exact) mass is 253 g/mol. The topological polar surface area (TPSA) is 107 Å². The molecule has 0 saturated carbocycles. The van der Waals surface area contributed by atoms with E-state index < -0.39 is 0 Å². The molecule has 0 saturated heterocycles. The highest BCUT2D eigenvalue weighted by atomic mass is 32.1. The third-order valence-corrected chi connectivity index (χ3v) is 2.86. The van der Waals surface area contributed by atoms with E-state index in [0.717, 1.165) is 22.8 Å². The van der Waals surface area contributed by atoms with Crippen LogP contribution in [-0.2, 0) is 6.54 Å². The molecule has 8 heteroatoms. The molecule has 0 aliphatic heterocycles. The van der Waals surface area contributed by atoms with Gasteiger partial charge in [-0.25, -0.2) is 4.98 Å². The number of hydrogen-bond acceptors (Lipinski definition) is 7. The fourth-order valence-electron chi connectivity index (χ4n) is 1.17. The highest BCUT2D eigenvalue weighted by Gasteiger charge is 2.13. The molecule has 90 valence electrons. The number of rotatable bonds is 3. The van der Waals surface area contributed by atoms with Gasteiger partial charge in [0, 0.05) is 0 Å². The Balaban J connectivity index is 1.96. The Morgan fingerprint density at radius 2 is 2.24 bits per heavy atom. The molecule has 0 aliphatic carbocycles. The van der Waals surface area contributed by atoms with Crippen molar-refractivity contribution >= 4 is 22.4 Å². The predicted molar refractivity (Wildman–Crippen MR) is 61.5 cm³/mol. The number of oxazole rings is 1. The maximum atomic E-state index is 11.6. The van der Waals surface area contributed by atoms with Crippen molar-refractivity contribution in [3.8, 4) is 0 Å². The van der Waals surface area contributed by atoms with Gasteiger partial charge in [-0.05, 0) is 13.8 Å². The number of carbonyl (C=O) groups is 1. The lowest BCUT2D eigenvalue weighted by Crippen LogP contribution is -2.22. The van der Waals surface area contributed by atoms with Crippen LogP contribution in [0.15, 0.2) is 4.42 Å². The van der Waals surface area contributed by atoms with Crippen molar-refractivity contribution in [1.29, 1.82) is 0 Å². The van der Waals surface area contributed by atoms with Crippen LogP contribution in [0.2, 0.25) is 0 Å². The van der Waals surface area contributed by atoms with Crippen molar-refractivity contribution in [2.75, 3.05) is 5.73 Å². The van der Waals surface area contributed by atoms with E-state index in [1.54, 1.807) is 0 Å². The van der Waals surface area contributed by atoms with Crippen molar-refractivity contribution in [2.24, 2.45) is 0 Å². The van der Waals surface area contributed by atoms with Gasteiger partial charge in [-0.1, -0.05) is 11.3 Å². The molecule has 2 aromatic rings. The fourth-order valence-corrected chi connectivity index (χ4v) is 1.70. The van der Waals surface area contributed by atoms with Crippen LogP contribution >= 0.6 is 11.3 Å². The number of nitrogens with two attached hydrogens (primary N) is 1. The summed E-state index contributed by atoms with van der Waals surface area (Å²) in [5.41, 5.74) is 6.20. The Labute approximate surface area is 101 Å². The third-order valence-electron chi connectivity index (χ3n) is 2.11. The zero-order valence-electron chi connectivity index (χ0n) is 9.35. The van der Waals surface area contributed by atoms with Crippen LogP contribution in [0, 0.1) is 13.8 Å². The van der Waals surface area contributed by atoms with Crippen LogP contribution in [0.1, 0.15) is 27.1 Å². The van der Waals surface area contributed by atoms with Gasteiger partial charge in [0.25, 0.3) is 5.91 Å². The van der Waals surface area contributed by atoms with Gasteiger partial charge in [-0.2, -0.15) is 0 Å². The normalized spacial score (nSPS) is 10.5. The van der Waals surface area contributed by atoms with Gasteiger partial charge >= 0.3 is 0 Å². The van der Waals surface area contributed by atoms with Crippen LogP contribution in [0.25, 0.3) is 0 Å². The second kappa shape index (κ2) is 4.50. The Hall–Kier alpha value is -1.96. The smallest absolute Gasteiger partial charge is 0.282 e. The van der Waals surface area contributed by atoms with Gasteiger partial charge in [0.05, 0.1) is 12.2 Å². The van der Waals surface area contributed by atoms with Gasteiger partial charge in [-0.3, -0.25) is 4.79 Å². The van der Waals surface area contributed by atoms with Gasteiger partial charge in [0.2, 0.25) is 16.0 Å². The van der Waals surface area contributed by atoms with E-state index >= 15 is 0 Å². The zero-order valence-corrected chi connectivity index (χ0v) is 10.2. The number of aryl methyl sites for hydroxylation is 2. The molecule has 0 atom stereocenters. The molecule has 0 radical (unpaired) electrons. The molecule has 0 aliphatic rings. The summed E-state index contributed by atoms with van der Waals surface area (Å²) < 4.78 is 5.32. The lowest BCUT2D eigenvalue weighted by Gasteiger charge is -1.97. The molecule has 0 spiro atoms. The molecule has 3 N–H and O–H groups in total. The standard InChI is InChI=1S/C9H11N5O2S/c1-4-5(2)16-6(12-4)3-11-7(15)8-13-14-9(10)17-8/h3H2,1-2H3,(H2,10,14)(H,11,15). The van der Waals surface area contributed by atoms with E-state index in [0.29, 0.717) is 5.89 Å². The van der Waals surface area contributed by atoms with Crippen molar-refractivity contribution in [2.45, 2.75) is 20.4 Å². The zero-order chi connectivity index (χ0) is 12.4. The number of carbonyl (C=O) groups excluding carboxylic acids is 1. The number of hydrogen-bond donors (Lipinski definition) is 2. The van der Waals surface area contributed by atoms with Gasteiger partial charge < -0.3 is 15.5 Å². The number of aromatic nitrogens is 3. The highest BCUT2D eigenvalue weighted by molar-refractivity contribution is 7.16. The molecule has 17 heavy (non-hydrogen) atoms. The molecule has 2 rings (SSSR count). The molecule has 0 bridgehead atoms. The molecular formula is C9H11N5O2S. The van der Waals surface area contributed by atoms with Crippen molar-refractivity contribution < 1.29 is 9.21 Å². The number of amides is 1. The highest BCUT2D eigenvalue weighted by Crippen LogP contribution is 2.11. The molecule has 2 aromatic heterocycles. The van der Waals surface area contributed by atoms with E-state index in [-0.39, 0.29) is 22.6 Å². The van der Waals surface area contributed by atoms with Crippen molar-refractivity contribution in [3.63, 3.8) is 0 Å². The first-order valence-corrected chi connectivity index (χ1v) is 5.68. The number of anilines is 1. The molecular weight excluding hydrogens is 242 g/mol. The van der Waals surface area contributed by atoms with Crippen molar-refractivity contribution in [1.82, 2.24) is 20.5 Å². The van der Waals surface area contributed by atoms with E-state index in [9.17, 15) is 4.79 Å². The summed E-state index contributed by atoms with van der Waals surface area (Å²) in [6, 6.07) is 0. The van der Waals surface area contributed by atoms with Crippen LogP contribution in [0.5, 0.6) is 0 Å². The maximum Gasteiger partial charge on any atom is 0.282 e. The van der Waals surface area contributed by atoms with Gasteiger partial charge in [-0.15, -0.1) is 10.2 Å². The molecule has 1 amide bonds. The maximum absolute atomic E-state index is 11.6. The lowest BCUT2D eigenvalue weighted by molar-refractivity contribution is 0.0946. The largest absolute Gasteiger partial charge is 0.444 e. The van der Waals surface area contributed by atoms with Crippen LogP contribution < -0.4 is 11.1 Å². The van der Waals surface area contributed by atoms with E-state index in [1.165, 1.54) is 0 Å². The van der Waals surface area contributed by atoms with E-state index in [4.69, 9.17) is 10.2 Å². The first-order chi connectivity index (χ1) is 8.06. The lowest BCUT2D eigenvalue weighted by atomic mass is 10.4. The Morgan fingerprint density at radius 1 is 1.47 bits per heavy atom. The summed E-state index contributed by atoms with van der Waals surface area (Å²) in [7, 11) is 0. The number of nitrogens with zero attached hydrogens (tertiary/aromatic N) is 3. The van der Waals surface area contributed by atoms with Crippen LogP contribution in [-0.4, -0.2) is 21.1 Å². The summed E-state index contributed by atoms with van der Waals surface area (Å²) in [4.78, 5) is 15.7. The SMILES string of the molecule is Cc1nc(CNC(=O)c2nnc(N)s2)oc1C. The second-order valence-electron chi connectivity index (χ2n) is 3.38. The van der Waals surface area contributed by atoms with E-state index in [1.807, 2.05) is 13.8 Å². The van der Waals surface area contributed by atoms with Crippen molar-refractivity contribution in [3.05, 3.63) is 22.4 Å². The van der Waals surface area contributed by atoms with Crippen LogP contribution in [0.3, 0.4) is 0 Å². The second-order valence-corrected chi connectivity index (χ2v) is 4.39. The number of nitrogens with one attached hydrogen (secondary N) is 1. The average molecular weight is 253 g/mol. The molecule has 0 unspecified atom stereocenters. The molecule has 7 nitrogen and oxygen atoms in total. The Bertz CT molecular complexity index is 528.